The Kier molecular flexibility index (Phi) is 4.75. The molecule has 2 aromatic heterocycles. The number of morpholine rings is 1. The van der Waals surface area contributed by atoms with Gasteiger partial charge in [0.05, 0.1) is 18.6 Å². The number of hydrogen-bond acceptors (Lipinski definition) is 6. The highest BCUT2D eigenvalue weighted by atomic mass is 16.5. The maximum absolute atomic E-state index is 5.47. The van der Waals surface area contributed by atoms with Crippen LogP contribution in [0.4, 0.5) is 11.8 Å². The zero-order valence-electron chi connectivity index (χ0n) is 16.1. The number of hydrogen-bond donors (Lipinski definition) is 2. The number of nitrogens with zero attached hydrogens (tertiary/aromatic N) is 4. The molecule has 142 valence electrons. The summed E-state index contributed by atoms with van der Waals surface area (Å²) >= 11 is 0. The lowest BCUT2D eigenvalue weighted by Crippen LogP contribution is -2.47. The van der Waals surface area contributed by atoms with Gasteiger partial charge in [-0.1, -0.05) is 12.8 Å². The van der Waals surface area contributed by atoms with Crippen LogP contribution in [-0.2, 0) is 4.74 Å². The SMILES string of the molecule is Cc1cc2c(NCC3(N(C)C)CCCC3)nc(N3CCOCC3)nc2[nH]1. The van der Waals surface area contributed by atoms with Crippen LogP contribution in [0, 0.1) is 6.92 Å². The predicted molar refractivity (Wildman–Crippen MR) is 105 cm³/mol. The van der Waals surface area contributed by atoms with E-state index in [0.717, 1.165) is 61.3 Å². The summed E-state index contributed by atoms with van der Waals surface area (Å²) in [6, 6.07) is 2.14. The van der Waals surface area contributed by atoms with Crippen molar-refractivity contribution in [2.45, 2.75) is 38.1 Å². The van der Waals surface area contributed by atoms with E-state index in [4.69, 9.17) is 14.7 Å². The van der Waals surface area contributed by atoms with Crippen LogP contribution in [0.2, 0.25) is 0 Å². The molecular weight excluding hydrogens is 328 g/mol. The number of aromatic nitrogens is 3. The highest BCUT2D eigenvalue weighted by Crippen LogP contribution is 2.34. The Bertz CT molecular complexity index is 759. The summed E-state index contributed by atoms with van der Waals surface area (Å²) in [6.45, 7) is 6.13. The molecule has 1 saturated carbocycles. The fraction of sp³-hybridized carbons (Fsp3) is 0.684. The standard InChI is InChI=1S/C19H30N6O/c1-14-12-15-16(20-13-19(24(2)3)6-4-5-7-19)22-18(23-17(15)21-14)25-8-10-26-11-9-25/h12H,4-11,13H2,1-3H3,(H2,20,21,22,23). The second-order valence-electron chi connectivity index (χ2n) is 7.87. The van der Waals surface area contributed by atoms with Crippen LogP contribution < -0.4 is 10.2 Å². The van der Waals surface area contributed by atoms with Crippen molar-refractivity contribution in [3.63, 3.8) is 0 Å². The van der Waals surface area contributed by atoms with Gasteiger partial charge in [0.2, 0.25) is 5.95 Å². The van der Waals surface area contributed by atoms with Gasteiger partial charge >= 0.3 is 0 Å². The Hall–Kier alpha value is -1.86. The molecule has 0 radical (unpaired) electrons. The van der Waals surface area contributed by atoms with Gasteiger partial charge in [-0.05, 0) is 39.9 Å². The van der Waals surface area contributed by atoms with E-state index in [1.165, 1.54) is 25.7 Å². The molecule has 2 aromatic rings. The van der Waals surface area contributed by atoms with Crippen molar-refractivity contribution >= 4 is 22.8 Å². The van der Waals surface area contributed by atoms with Gasteiger partial charge in [0.25, 0.3) is 0 Å². The molecule has 0 bridgehead atoms. The Morgan fingerprint density at radius 2 is 1.96 bits per heavy atom. The van der Waals surface area contributed by atoms with Crippen LogP contribution in [0.1, 0.15) is 31.4 Å². The fourth-order valence-corrected chi connectivity index (χ4v) is 4.23. The molecule has 0 amide bonds. The van der Waals surface area contributed by atoms with E-state index in [-0.39, 0.29) is 5.54 Å². The first-order valence-corrected chi connectivity index (χ1v) is 9.69. The van der Waals surface area contributed by atoms with Gasteiger partial charge in [-0.3, -0.25) is 0 Å². The number of aromatic amines is 1. The highest BCUT2D eigenvalue weighted by molar-refractivity contribution is 5.89. The molecule has 0 spiro atoms. The molecule has 1 aliphatic heterocycles. The second kappa shape index (κ2) is 7.04. The first-order valence-electron chi connectivity index (χ1n) is 9.69. The molecule has 0 atom stereocenters. The van der Waals surface area contributed by atoms with Crippen LogP contribution >= 0.6 is 0 Å². The van der Waals surface area contributed by atoms with Gasteiger partial charge in [0.15, 0.2) is 0 Å². The van der Waals surface area contributed by atoms with Crippen LogP contribution in [0.15, 0.2) is 6.07 Å². The summed E-state index contributed by atoms with van der Waals surface area (Å²) in [5.41, 5.74) is 2.24. The van der Waals surface area contributed by atoms with Gasteiger partial charge in [0.1, 0.15) is 11.5 Å². The molecule has 2 N–H and O–H groups in total. The number of H-pyrrole nitrogens is 1. The molecule has 4 rings (SSSR count). The predicted octanol–water partition coefficient (Wildman–Crippen LogP) is 2.39. The first kappa shape index (κ1) is 17.5. The zero-order valence-corrected chi connectivity index (χ0v) is 16.1. The van der Waals surface area contributed by atoms with E-state index >= 15 is 0 Å². The summed E-state index contributed by atoms with van der Waals surface area (Å²) in [5.74, 6) is 1.73. The Labute approximate surface area is 155 Å². The number of rotatable bonds is 5. The molecule has 0 unspecified atom stereocenters. The average Bonchev–Trinajstić information content (AvgIpc) is 3.27. The quantitative estimate of drug-likeness (QED) is 0.855. The highest BCUT2D eigenvalue weighted by Gasteiger charge is 2.36. The Balaban J connectivity index is 1.64. The molecule has 2 aliphatic rings. The minimum atomic E-state index is 0.224. The molecule has 0 aromatic carbocycles. The van der Waals surface area contributed by atoms with Crippen LogP contribution in [-0.4, -0.2) is 72.3 Å². The summed E-state index contributed by atoms with van der Waals surface area (Å²) < 4.78 is 5.47. The smallest absolute Gasteiger partial charge is 0.229 e. The molecule has 26 heavy (non-hydrogen) atoms. The third-order valence-electron chi connectivity index (χ3n) is 5.97. The van der Waals surface area contributed by atoms with Crippen molar-refractivity contribution in [2.24, 2.45) is 0 Å². The monoisotopic (exact) mass is 358 g/mol. The van der Waals surface area contributed by atoms with E-state index in [0.29, 0.717) is 0 Å². The van der Waals surface area contributed by atoms with Crippen molar-refractivity contribution in [1.29, 1.82) is 0 Å². The number of fused-ring (bicyclic) bond motifs is 1. The maximum Gasteiger partial charge on any atom is 0.229 e. The number of nitrogens with one attached hydrogen (secondary N) is 2. The number of aryl methyl sites for hydroxylation is 1. The van der Waals surface area contributed by atoms with E-state index in [1.54, 1.807) is 0 Å². The lowest BCUT2D eigenvalue weighted by molar-refractivity contribution is 0.122. The normalized spacial score (nSPS) is 20.2. The lowest BCUT2D eigenvalue weighted by atomic mass is 9.96. The van der Waals surface area contributed by atoms with Gasteiger partial charge in [0, 0.05) is 30.9 Å². The van der Waals surface area contributed by atoms with Gasteiger partial charge in [-0.25, -0.2) is 0 Å². The van der Waals surface area contributed by atoms with E-state index < -0.39 is 0 Å². The van der Waals surface area contributed by atoms with Crippen molar-refractivity contribution in [1.82, 2.24) is 19.9 Å². The summed E-state index contributed by atoms with van der Waals surface area (Å²) in [5, 5.41) is 4.75. The summed E-state index contributed by atoms with van der Waals surface area (Å²) in [7, 11) is 4.39. The van der Waals surface area contributed by atoms with Crippen molar-refractivity contribution < 1.29 is 4.74 Å². The number of likely N-dealkylation sites (N-methyl/N-ethyl adjacent to an activating group) is 1. The molecule has 2 fully saturated rings. The van der Waals surface area contributed by atoms with E-state index in [1.807, 2.05) is 0 Å². The van der Waals surface area contributed by atoms with Crippen LogP contribution in [0.3, 0.4) is 0 Å². The Morgan fingerprint density at radius 1 is 1.23 bits per heavy atom. The molecule has 7 nitrogen and oxygen atoms in total. The number of ether oxygens (including phenoxy) is 1. The summed E-state index contributed by atoms with van der Waals surface area (Å²) in [4.78, 5) is 17.6. The minimum Gasteiger partial charge on any atom is -0.378 e. The summed E-state index contributed by atoms with van der Waals surface area (Å²) in [6.07, 6.45) is 5.09. The van der Waals surface area contributed by atoms with Crippen molar-refractivity contribution in [3.05, 3.63) is 11.8 Å². The lowest BCUT2D eigenvalue weighted by Gasteiger charge is -2.36. The Morgan fingerprint density at radius 3 is 2.65 bits per heavy atom. The van der Waals surface area contributed by atoms with Crippen LogP contribution in [0.5, 0.6) is 0 Å². The third kappa shape index (κ3) is 3.25. The molecular formula is C19H30N6O. The molecule has 1 aliphatic carbocycles. The average molecular weight is 358 g/mol. The maximum atomic E-state index is 5.47. The first-order chi connectivity index (χ1) is 12.6. The third-order valence-corrected chi connectivity index (χ3v) is 5.97. The molecule has 1 saturated heterocycles. The topological polar surface area (TPSA) is 69.3 Å². The number of anilines is 2. The minimum absolute atomic E-state index is 0.224. The second-order valence-corrected chi connectivity index (χ2v) is 7.87. The molecule has 7 heteroatoms. The largest absolute Gasteiger partial charge is 0.378 e. The van der Waals surface area contributed by atoms with Crippen molar-refractivity contribution in [2.75, 3.05) is 57.2 Å². The molecule has 3 heterocycles. The van der Waals surface area contributed by atoms with Gasteiger partial charge in [-0.15, -0.1) is 0 Å². The zero-order chi connectivity index (χ0) is 18.1. The van der Waals surface area contributed by atoms with Gasteiger partial charge in [-0.2, -0.15) is 9.97 Å². The van der Waals surface area contributed by atoms with Crippen molar-refractivity contribution in [3.8, 4) is 0 Å². The van der Waals surface area contributed by atoms with E-state index in [9.17, 15) is 0 Å². The fourth-order valence-electron chi connectivity index (χ4n) is 4.23. The van der Waals surface area contributed by atoms with Gasteiger partial charge < -0.3 is 24.8 Å². The van der Waals surface area contributed by atoms with E-state index in [2.05, 4.69) is 47.2 Å². The van der Waals surface area contributed by atoms with Crippen LogP contribution in [0.25, 0.3) is 11.0 Å².